The molecule has 1 aromatic heterocycles. The fourth-order valence-corrected chi connectivity index (χ4v) is 8.76. The maximum absolute atomic E-state index is 12.4. The van der Waals surface area contributed by atoms with Gasteiger partial charge in [0.25, 0.3) is 0 Å². The molecule has 0 amide bonds. The van der Waals surface area contributed by atoms with Crippen LogP contribution in [0.3, 0.4) is 0 Å². The quantitative estimate of drug-likeness (QED) is 0.115. The fraction of sp³-hybridized carbons (Fsp3) is 0.500. The molecule has 0 bridgehead atoms. The molecule has 0 aromatic carbocycles. The van der Waals surface area contributed by atoms with Crippen molar-refractivity contribution in [2.75, 3.05) is 18.1 Å². The van der Waals surface area contributed by atoms with Crippen LogP contribution in [-0.4, -0.2) is 63.0 Å². The third-order valence-electron chi connectivity index (χ3n) is 5.30. The van der Waals surface area contributed by atoms with Crippen LogP contribution < -0.4 is 11.4 Å². The number of hydrogen-bond donors (Lipinski definition) is 7. The van der Waals surface area contributed by atoms with Crippen molar-refractivity contribution in [1.29, 1.82) is 0 Å². The van der Waals surface area contributed by atoms with E-state index in [1.807, 2.05) is 0 Å². The first-order valence-electron chi connectivity index (χ1n) is 9.12. The van der Waals surface area contributed by atoms with Gasteiger partial charge in [0.15, 0.2) is 6.23 Å². The van der Waals surface area contributed by atoms with Crippen LogP contribution in [0.2, 0.25) is 0 Å². The Kier molecular flexibility index (Phi) is 7.33. The van der Waals surface area contributed by atoms with Crippen molar-refractivity contribution < 1.29 is 56.3 Å². The number of aromatic nitrogens is 2. The Bertz CT molecular complexity index is 1270. The smallest absolute Gasteiger partial charge is 0.388 e. The van der Waals surface area contributed by atoms with Gasteiger partial charge in [-0.15, -0.1) is 12.3 Å². The van der Waals surface area contributed by atoms with Crippen LogP contribution >= 0.6 is 33.8 Å². The van der Waals surface area contributed by atoms with Gasteiger partial charge in [0.2, 0.25) is 0 Å². The zero-order valence-electron chi connectivity index (χ0n) is 17.1. The average molecular weight is 565 g/mol. The summed E-state index contributed by atoms with van der Waals surface area (Å²) in [6.07, 6.45) is -0.156. The van der Waals surface area contributed by atoms with Gasteiger partial charge < -0.3 is 35.2 Å². The molecule has 7 atom stereocenters. The minimum Gasteiger partial charge on any atom is -0.388 e. The highest BCUT2D eigenvalue weighted by atomic mass is 32.2. The van der Waals surface area contributed by atoms with Crippen molar-refractivity contribution >= 4 is 39.6 Å². The second kappa shape index (κ2) is 9.07. The van der Waals surface area contributed by atoms with Crippen molar-refractivity contribution in [3.63, 3.8) is 0 Å². The van der Waals surface area contributed by atoms with Gasteiger partial charge in [0, 0.05) is 6.20 Å². The molecule has 3 heterocycles. The van der Waals surface area contributed by atoms with Crippen molar-refractivity contribution in [2.45, 2.75) is 29.1 Å². The summed E-state index contributed by atoms with van der Waals surface area (Å²) in [4.78, 5) is 52.3. The summed E-state index contributed by atoms with van der Waals surface area (Å²) in [7, 11) is -18.3. The maximum atomic E-state index is 12.4. The Morgan fingerprint density at radius 2 is 1.97 bits per heavy atom. The molecule has 2 fully saturated rings. The predicted molar refractivity (Wildman–Crippen MR) is 118 cm³/mol. The van der Waals surface area contributed by atoms with Crippen molar-refractivity contribution in [3.05, 3.63) is 35.4 Å². The number of anilines is 1. The summed E-state index contributed by atoms with van der Waals surface area (Å²) in [5.41, 5.74) is 8.93. The zero-order valence-corrected chi connectivity index (χ0v) is 20.6. The first-order valence-corrected chi connectivity index (χ1v) is 15.2. The molecule has 7 N–H and O–H groups in total. The van der Waals surface area contributed by atoms with Crippen molar-refractivity contribution in [1.82, 2.24) is 9.55 Å². The minimum absolute atomic E-state index is 0.0693. The Morgan fingerprint density at radius 1 is 1.32 bits per heavy atom. The molecule has 192 valence electrons. The lowest BCUT2D eigenvalue weighted by molar-refractivity contribution is -0.0960. The van der Waals surface area contributed by atoms with E-state index in [0.717, 1.165) is 10.6 Å². The van der Waals surface area contributed by atoms with Crippen LogP contribution in [0.5, 0.6) is 0 Å². The van der Waals surface area contributed by atoms with Gasteiger partial charge in [-0.05, 0) is 18.2 Å². The Morgan fingerprint density at radius 3 is 2.44 bits per heavy atom. The van der Waals surface area contributed by atoms with E-state index in [1.165, 1.54) is 12.3 Å². The molecule has 2 aliphatic heterocycles. The van der Waals surface area contributed by atoms with E-state index >= 15 is 0 Å². The summed E-state index contributed by atoms with van der Waals surface area (Å²) < 4.78 is 52.2. The molecule has 2 saturated heterocycles. The first-order chi connectivity index (χ1) is 15.5. The van der Waals surface area contributed by atoms with Crippen LogP contribution in [0.25, 0.3) is 0 Å². The highest BCUT2D eigenvalue weighted by molar-refractivity contribution is 8.09. The number of nitrogen functional groups attached to an aromatic ring is 1. The van der Waals surface area contributed by atoms with Crippen LogP contribution in [0, 0.1) is 5.69 Å². The molecule has 16 nitrogen and oxygen atoms in total. The molecule has 3 rings (SSSR count). The van der Waals surface area contributed by atoms with Gasteiger partial charge in [0.05, 0.1) is 11.4 Å². The number of aliphatic hydroxyl groups is 1. The third-order valence-corrected chi connectivity index (χ3v) is 11.5. The van der Waals surface area contributed by atoms with E-state index in [4.69, 9.17) is 25.9 Å². The molecular weight excluding hydrogens is 543 g/mol. The van der Waals surface area contributed by atoms with Crippen LogP contribution in [0.15, 0.2) is 29.7 Å². The summed E-state index contributed by atoms with van der Waals surface area (Å²) in [5, 5.41) is 11.2. The molecule has 0 radical (unpaired) electrons. The predicted octanol–water partition coefficient (Wildman–Crippen LogP) is -0.284. The lowest BCUT2D eigenvalue weighted by atomic mass is 9.87. The van der Waals surface area contributed by atoms with E-state index in [1.54, 1.807) is 0 Å². The summed E-state index contributed by atoms with van der Waals surface area (Å²) in [6.45, 7) is 2.52. The molecule has 34 heavy (non-hydrogen) atoms. The average Bonchev–Trinajstić information content (AvgIpc) is 2.93. The topological polar surface area (TPSA) is 250 Å². The highest BCUT2D eigenvalue weighted by Crippen LogP contribution is 2.67. The number of phosphoric acid groups is 3. The first kappa shape index (κ1) is 27.5. The lowest BCUT2D eigenvalue weighted by Crippen LogP contribution is -2.55. The Labute approximate surface area is 194 Å². The molecule has 0 aliphatic carbocycles. The SMILES string of the molecule is C#[SH]1CC[C@]12[C@H](O)C(C=C)(COP(=O)(O)OP(=O)(O)OP(=O)(O)O)O[C@H]2n1ccc(N)nc1=O. The van der Waals surface area contributed by atoms with Crippen LogP contribution in [0.1, 0.15) is 12.6 Å². The molecule has 4 unspecified atom stereocenters. The number of ether oxygens (including phenoxy) is 1. The summed E-state index contributed by atoms with van der Waals surface area (Å²) >= 11 is 0. The number of thiol groups is 1. The maximum Gasteiger partial charge on any atom is 0.490 e. The fourth-order valence-electron chi connectivity index (χ4n) is 3.71. The van der Waals surface area contributed by atoms with E-state index in [-0.39, 0.29) is 5.82 Å². The van der Waals surface area contributed by atoms with Gasteiger partial charge in [-0.1, -0.05) is 6.08 Å². The monoisotopic (exact) mass is 565 g/mol. The number of aliphatic hydroxyl groups excluding tert-OH is 1. The Hall–Kier alpha value is -1.12. The number of hydrogen-bond acceptors (Lipinski definition) is 11. The molecular formula is C14H22N3O13P3S. The number of nitrogens with two attached hydrogens (primary N) is 1. The van der Waals surface area contributed by atoms with E-state index in [0.29, 0.717) is 12.2 Å². The zero-order chi connectivity index (χ0) is 25.7. The summed E-state index contributed by atoms with van der Waals surface area (Å²) in [5.74, 6) is 0.437. The standard InChI is InChI=1S/C14H22N3O13P3S/c1-3-13(8-27-32(23,24)30-33(25,26)29-31(20,21)22)10(18)14(5-7-34(14)2)11(28-13)17-6-4-9(15)16-12(17)19/h2-4,6,10-11,18,34H,1,5,7-8H2,(H,23,24)(H,25,26)(H2,15,16,19)(H2,20,21,22)/t10-,11-,13?,14-/m1/s1. The number of nitrogens with zero attached hydrogens (tertiary/aromatic N) is 2. The second-order valence-electron chi connectivity index (χ2n) is 7.37. The molecule has 1 spiro atoms. The van der Waals surface area contributed by atoms with E-state index < -0.39 is 68.7 Å². The highest BCUT2D eigenvalue weighted by Gasteiger charge is 2.67. The van der Waals surface area contributed by atoms with Gasteiger partial charge in [-0.2, -0.15) is 23.9 Å². The molecule has 1 aromatic rings. The molecule has 2 aliphatic rings. The van der Waals surface area contributed by atoms with E-state index in [9.17, 15) is 33.4 Å². The number of phosphoric ester groups is 1. The van der Waals surface area contributed by atoms with Crippen LogP contribution in [-0.2, 0) is 31.6 Å². The van der Waals surface area contributed by atoms with Gasteiger partial charge in [-0.3, -0.25) is 9.09 Å². The normalized spacial score (nSPS) is 34.8. The summed E-state index contributed by atoms with van der Waals surface area (Å²) in [6, 6.07) is 1.31. The second-order valence-corrected chi connectivity index (χ2v) is 14.0. The number of rotatable bonds is 9. The lowest BCUT2D eigenvalue weighted by Gasteiger charge is -2.47. The van der Waals surface area contributed by atoms with Crippen molar-refractivity contribution in [2.24, 2.45) is 0 Å². The molecule has 0 saturated carbocycles. The van der Waals surface area contributed by atoms with Crippen LogP contribution in [0.4, 0.5) is 5.82 Å². The van der Waals surface area contributed by atoms with Gasteiger partial charge in [0.1, 0.15) is 17.5 Å². The van der Waals surface area contributed by atoms with Gasteiger partial charge in [-0.25, -0.2) is 18.5 Å². The largest absolute Gasteiger partial charge is 0.490 e. The van der Waals surface area contributed by atoms with Gasteiger partial charge >= 0.3 is 29.2 Å². The Balaban J connectivity index is 1.90. The van der Waals surface area contributed by atoms with E-state index in [2.05, 4.69) is 24.7 Å². The van der Waals surface area contributed by atoms with Crippen molar-refractivity contribution in [3.8, 4) is 5.69 Å². The third kappa shape index (κ3) is 5.19. The minimum atomic E-state index is -5.76. The molecule has 20 heteroatoms.